The third kappa shape index (κ3) is 4.93. The van der Waals surface area contributed by atoms with Crippen molar-refractivity contribution in [3.63, 3.8) is 0 Å². The third-order valence-electron chi connectivity index (χ3n) is 5.84. The van der Waals surface area contributed by atoms with E-state index >= 15 is 0 Å². The average Bonchev–Trinajstić information content (AvgIpc) is 3.20. The lowest BCUT2D eigenvalue weighted by Gasteiger charge is -2.29. The van der Waals surface area contributed by atoms with Crippen molar-refractivity contribution in [2.45, 2.75) is 47.6 Å². The molecule has 4 rings (SSSR count). The molecule has 0 aliphatic rings. The van der Waals surface area contributed by atoms with Crippen LogP contribution in [0.3, 0.4) is 0 Å². The number of nitrogens with one attached hydrogen (secondary N) is 2. The predicted molar refractivity (Wildman–Crippen MR) is 136 cm³/mol. The molecule has 9 nitrogen and oxygen atoms in total. The number of hydrogen-bond acceptors (Lipinski definition) is 8. The van der Waals surface area contributed by atoms with Gasteiger partial charge >= 0.3 is 0 Å². The smallest absolute Gasteiger partial charge is 0.227 e. The first-order valence-electron chi connectivity index (χ1n) is 11.4. The van der Waals surface area contributed by atoms with Crippen LogP contribution in [0, 0.1) is 12.3 Å². The van der Waals surface area contributed by atoms with Crippen molar-refractivity contribution in [2.24, 2.45) is 12.5 Å². The molecule has 9 heteroatoms. The van der Waals surface area contributed by atoms with Crippen molar-refractivity contribution in [2.75, 3.05) is 17.2 Å². The van der Waals surface area contributed by atoms with Crippen LogP contribution >= 0.6 is 0 Å². The summed E-state index contributed by atoms with van der Waals surface area (Å²) in [5.74, 6) is 2.68. The van der Waals surface area contributed by atoms with Crippen LogP contribution < -0.4 is 15.4 Å². The van der Waals surface area contributed by atoms with Gasteiger partial charge in [-0.15, -0.1) is 10.2 Å². The van der Waals surface area contributed by atoms with Crippen LogP contribution in [0.5, 0.6) is 5.75 Å². The van der Waals surface area contributed by atoms with E-state index in [1.165, 1.54) is 0 Å². The van der Waals surface area contributed by atoms with Crippen LogP contribution in [-0.4, -0.2) is 42.4 Å². The highest BCUT2D eigenvalue weighted by Crippen LogP contribution is 2.33. The van der Waals surface area contributed by atoms with Gasteiger partial charge in [-0.25, -0.2) is 15.0 Å². The molecule has 0 saturated heterocycles. The number of aryl methyl sites for hydroxylation is 2. The molecule has 4 aromatic rings. The Hall–Kier alpha value is -3.75. The van der Waals surface area contributed by atoms with Crippen LogP contribution in [0.2, 0.25) is 0 Å². The van der Waals surface area contributed by atoms with Gasteiger partial charge in [0.2, 0.25) is 5.95 Å². The van der Waals surface area contributed by atoms with Crippen LogP contribution in [0.1, 0.15) is 40.3 Å². The number of fused-ring (bicyclic) bond motifs is 1. The first-order valence-corrected chi connectivity index (χ1v) is 11.4. The van der Waals surface area contributed by atoms with E-state index in [0.717, 1.165) is 39.5 Å². The molecule has 1 aromatic carbocycles. The van der Waals surface area contributed by atoms with Gasteiger partial charge in [-0.2, -0.15) is 0 Å². The maximum absolute atomic E-state index is 5.90. The van der Waals surface area contributed by atoms with E-state index in [1.807, 2.05) is 55.9 Å². The number of rotatable bonds is 7. The van der Waals surface area contributed by atoms with Crippen molar-refractivity contribution in [1.82, 2.24) is 29.7 Å². The number of hydrogen-bond donors (Lipinski definition) is 2. The normalized spacial score (nSPS) is 12.6. The van der Waals surface area contributed by atoms with E-state index in [1.54, 1.807) is 6.33 Å². The summed E-state index contributed by atoms with van der Waals surface area (Å²) in [6.07, 6.45) is 3.49. The number of aromatic nitrogens is 6. The van der Waals surface area contributed by atoms with Crippen molar-refractivity contribution >= 4 is 28.4 Å². The molecule has 0 aliphatic heterocycles. The number of nitrogens with zero attached hydrogens (tertiary/aromatic N) is 6. The van der Waals surface area contributed by atoms with Crippen LogP contribution in [0.25, 0.3) is 22.3 Å². The fourth-order valence-electron chi connectivity index (χ4n) is 3.46. The molecular weight excluding hydrogens is 428 g/mol. The minimum atomic E-state index is 0.0721. The fraction of sp³-hybridized carbons (Fsp3) is 0.400. The highest BCUT2D eigenvalue weighted by Gasteiger charge is 2.22. The van der Waals surface area contributed by atoms with Crippen LogP contribution in [0.15, 0.2) is 36.8 Å². The molecule has 3 heterocycles. The number of pyridine rings is 1. The molecule has 0 radical (unpaired) electrons. The van der Waals surface area contributed by atoms with Crippen molar-refractivity contribution in [3.05, 3.63) is 42.5 Å². The minimum Gasteiger partial charge on any atom is -0.492 e. The molecule has 2 N–H and O–H groups in total. The highest BCUT2D eigenvalue weighted by atomic mass is 16.5. The number of ether oxygens (including phenoxy) is 1. The summed E-state index contributed by atoms with van der Waals surface area (Å²) in [4.78, 5) is 14.1. The summed E-state index contributed by atoms with van der Waals surface area (Å²) < 4.78 is 7.77. The second-order valence-electron chi connectivity index (χ2n) is 9.51. The Balaban J connectivity index is 1.70. The Morgan fingerprint density at radius 1 is 1.15 bits per heavy atom. The largest absolute Gasteiger partial charge is 0.492 e. The maximum atomic E-state index is 5.90. The number of benzene rings is 1. The van der Waals surface area contributed by atoms with E-state index in [0.29, 0.717) is 18.3 Å². The minimum absolute atomic E-state index is 0.0721. The third-order valence-corrected chi connectivity index (χ3v) is 5.84. The molecule has 0 fully saturated rings. The van der Waals surface area contributed by atoms with Gasteiger partial charge in [-0.05, 0) is 50.5 Å². The zero-order valence-corrected chi connectivity index (χ0v) is 20.8. The quantitative estimate of drug-likeness (QED) is 0.392. The first-order chi connectivity index (χ1) is 16.2. The van der Waals surface area contributed by atoms with Gasteiger partial charge in [0.25, 0.3) is 0 Å². The molecule has 34 heavy (non-hydrogen) atoms. The van der Waals surface area contributed by atoms with Crippen molar-refractivity contribution < 1.29 is 4.74 Å². The molecule has 3 aromatic heterocycles. The van der Waals surface area contributed by atoms with Crippen molar-refractivity contribution in [3.8, 4) is 17.1 Å². The summed E-state index contributed by atoms with van der Waals surface area (Å²) >= 11 is 0. The zero-order chi connectivity index (χ0) is 24.5. The molecule has 0 aliphatic carbocycles. The van der Waals surface area contributed by atoms with E-state index < -0.39 is 0 Å². The summed E-state index contributed by atoms with van der Waals surface area (Å²) in [6.45, 7) is 13.2. The zero-order valence-electron chi connectivity index (χ0n) is 20.8. The van der Waals surface area contributed by atoms with Crippen molar-refractivity contribution in [1.29, 1.82) is 0 Å². The number of anilines is 3. The Morgan fingerprint density at radius 3 is 2.62 bits per heavy atom. The summed E-state index contributed by atoms with van der Waals surface area (Å²) in [6, 6.07) is 8.05. The highest BCUT2D eigenvalue weighted by molar-refractivity contribution is 5.89. The fourth-order valence-corrected chi connectivity index (χ4v) is 3.46. The van der Waals surface area contributed by atoms with Gasteiger partial charge in [-0.1, -0.05) is 20.8 Å². The summed E-state index contributed by atoms with van der Waals surface area (Å²) in [7, 11) is 1.91. The Labute approximate surface area is 200 Å². The van der Waals surface area contributed by atoms with Gasteiger partial charge in [0.15, 0.2) is 11.6 Å². The van der Waals surface area contributed by atoms with E-state index in [-0.39, 0.29) is 11.5 Å². The molecule has 1 atom stereocenters. The monoisotopic (exact) mass is 460 g/mol. The molecule has 178 valence electrons. The predicted octanol–water partition coefficient (Wildman–Crippen LogP) is 5.12. The van der Waals surface area contributed by atoms with Gasteiger partial charge in [0, 0.05) is 35.9 Å². The lowest BCUT2D eigenvalue weighted by atomic mass is 9.88. The van der Waals surface area contributed by atoms with E-state index in [4.69, 9.17) is 14.7 Å². The van der Waals surface area contributed by atoms with E-state index in [2.05, 4.69) is 53.5 Å². The van der Waals surface area contributed by atoms with E-state index in [9.17, 15) is 0 Å². The molecular formula is C25H32N8O. The lowest BCUT2D eigenvalue weighted by Crippen LogP contribution is -2.31. The summed E-state index contributed by atoms with van der Waals surface area (Å²) in [5.41, 5.74) is 3.44. The van der Waals surface area contributed by atoms with Crippen LogP contribution in [0.4, 0.5) is 17.5 Å². The van der Waals surface area contributed by atoms with Gasteiger partial charge in [-0.3, -0.25) is 0 Å². The Bertz CT molecular complexity index is 1310. The van der Waals surface area contributed by atoms with Crippen LogP contribution in [-0.2, 0) is 7.05 Å². The molecule has 0 amide bonds. The van der Waals surface area contributed by atoms with Gasteiger partial charge in [0.05, 0.1) is 12.3 Å². The second-order valence-corrected chi connectivity index (χ2v) is 9.51. The molecule has 0 bridgehead atoms. The van der Waals surface area contributed by atoms with Gasteiger partial charge in [0.1, 0.15) is 17.6 Å². The topological polar surface area (TPSA) is 103 Å². The summed E-state index contributed by atoms with van der Waals surface area (Å²) in [5, 5.41) is 16.0. The van der Waals surface area contributed by atoms with Gasteiger partial charge < -0.3 is 19.9 Å². The first kappa shape index (κ1) is 23.4. The molecule has 0 unspecified atom stereocenters. The second kappa shape index (κ2) is 9.24. The molecule has 0 saturated carbocycles. The standard InChI is InChI=1S/C25H32N8O/c1-8-34-20-12-17(23-32-27-14-33(23)7)9-10-19(20)30-24-26-13-18-11-15(2)28-22(21(18)31-24)29-16(3)25(4,5)6/h9-14,16H,8H2,1-7H3,(H,28,29)(H,26,30,31)/t16-/m0/s1. The Kier molecular flexibility index (Phi) is 6.37. The Morgan fingerprint density at radius 2 is 1.94 bits per heavy atom. The maximum Gasteiger partial charge on any atom is 0.227 e. The lowest BCUT2D eigenvalue weighted by molar-refractivity contribution is 0.342. The average molecular weight is 461 g/mol. The molecule has 0 spiro atoms. The SMILES string of the molecule is CCOc1cc(-c2nncn2C)ccc1Nc1ncc2cc(C)nc(N[C@@H](C)C(C)(C)C)c2n1.